The first-order valence-electron chi connectivity index (χ1n) is 9.79. The van der Waals surface area contributed by atoms with E-state index in [1.54, 1.807) is 6.20 Å². The zero-order valence-corrected chi connectivity index (χ0v) is 16.2. The van der Waals surface area contributed by atoms with Crippen molar-refractivity contribution in [2.45, 2.75) is 19.6 Å². The van der Waals surface area contributed by atoms with Gasteiger partial charge >= 0.3 is 0 Å². The molecule has 7 heteroatoms. The van der Waals surface area contributed by atoms with Crippen LogP contribution in [-0.4, -0.2) is 51.1 Å². The number of amides is 1. The maximum atomic E-state index is 12.8. The standard InChI is InChI=1S/C22H22N4O3/c1-15-9-24-21(17-5-4-8-23-10-17)26(15)13-16-11-25(12-16)22(27)20-14-28-18-6-2-3-7-19(18)29-20/h2-10,16,20H,11-14H2,1H3. The molecular weight excluding hydrogens is 368 g/mol. The minimum absolute atomic E-state index is 0.00871. The summed E-state index contributed by atoms with van der Waals surface area (Å²) in [6, 6.07) is 11.4. The third kappa shape index (κ3) is 3.33. The average molecular weight is 390 g/mol. The second kappa shape index (κ2) is 7.24. The fraction of sp³-hybridized carbons (Fsp3) is 0.318. The summed E-state index contributed by atoms with van der Waals surface area (Å²) in [7, 11) is 0. The van der Waals surface area contributed by atoms with Gasteiger partial charge in [0.1, 0.15) is 12.4 Å². The Kier molecular flexibility index (Phi) is 4.42. The summed E-state index contributed by atoms with van der Waals surface area (Å²) in [6.07, 6.45) is 4.89. The fourth-order valence-corrected chi connectivity index (χ4v) is 3.89. The normalized spacial score (nSPS) is 18.4. The molecule has 3 aromatic rings. The highest BCUT2D eigenvalue weighted by Gasteiger charge is 2.38. The van der Waals surface area contributed by atoms with E-state index in [0.29, 0.717) is 30.5 Å². The van der Waals surface area contributed by atoms with Gasteiger partial charge in [-0.15, -0.1) is 0 Å². The van der Waals surface area contributed by atoms with E-state index in [9.17, 15) is 4.79 Å². The number of para-hydroxylation sites is 2. The number of rotatable bonds is 4. The minimum Gasteiger partial charge on any atom is -0.485 e. The molecule has 1 unspecified atom stereocenters. The van der Waals surface area contributed by atoms with E-state index in [4.69, 9.17) is 9.47 Å². The van der Waals surface area contributed by atoms with Gasteiger partial charge in [0.2, 0.25) is 6.10 Å². The number of likely N-dealkylation sites (tertiary alicyclic amines) is 1. The Morgan fingerprint density at radius 2 is 1.97 bits per heavy atom. The number of hydrogen-bond acceptors (Lipinski definition) is 5. The minimum atomic E-state index is -0.577. The van der Waals surface area contributed by atoms with Crippen LogP contribution in [0.5, 0.6) is 11.5 Å². The smallest absolute Gasteiger partial charge is 0.267 e. The molecule has 5 rings (SSSR count). The topological polar surface area (TPSA) is 69.5 Å². The van der Waals surface area contributed by atoms with Crippen LogP contribution in [0.4, 0.5) is 0 Å². The van der Waals surface area contributed by atoms with E-state index in [1.807, 2.05) is 53.7 Å². The van der Waals surface area contributed by atoms with Crippen molar-refractivity contribution in [2.75, 3.05) is 19.7 Å². The van der Waals surface area contributed by atoms with Crippen molar-refractivity contribution in [1.29, 1.82) is 0 Å². The molecule has 1 aromatic carbocycles. The van der Waals surface area contributed by atoms with E-state index in [0.717, 1.165) is 23.6 Å². The first kappa shape index (κ1) is 17.7. The lowest BCUT2D eigenvalue weighted by Gasteiger charge is -2.41. The van der Waals surface area contributed by atoms with E-state index < -0.39 is 6.10 Å². The molecule has 1 amide bonds. The van der Waals surface area contributed by atoms with Gasteiger partial charge in [0.05, 0.1) is 0 Å². The monoisotopic (exact) mass is 390 g/mol. The van der Waals surface area contributed by atoms with Gasteiger partial charge in [-0.05, 0) is 31.2 Å². The Morgan fingerprint density at radius 1 is 1.14 bits per heavy atom. The number of pyridine rings is 1. The Labute approximate surface area is 168 Å². The highest BCUT2D eigenvalue weighted by Crippen LogP contribution is 2.32. The summed E-state index contributed by atoms with van der Waals surface area (Å²) in [4.78, 5) is 23.4. The third-order valence-electron chi connectivity index (χ3n) is 5.47. The van der Waals surface area contributed by atoms with Crippen LogP contribution in [0.1, 0.15) is 5.69 Å². The number of aromatic nitrogens is 3. The van der Waals surface area contributed by atoms with Gasteiger partial charge in [0, 0.05) is 55.4 Å². The molecule has 148 valence electrons. The number of nitrogens with zero attached hydrogens (tertiary/aromatic N) is 4. The lowest BCUT2D eigenvalue weighted by Crippen LogP contribution is -2.57. The number of carbonyl (C=O) groups is 1. The van der Waals surface area contributed by atoms with Crippen LogP contribution in [0, 0.1) is 12.8 Å². The van der Waals surface area contributed by atoms with Gasteiger partial charge in [-0.3, -0.25) is 9.78 Å². The number of carbonyl (C=O) groups excluding carboxylic acids is 1. The number of hydrogen-bond donors (Lipinski definition) is 0. The third-order valence-corrected chi connectivity index (χ3v) is 5.47. The molecular formula is C22H22N4O3. The second-order valence-corrected chi connectivity index (χ2v) is 7.55. The number of aryl methyl sites for hydroxylation is 1. The summed E-state index contributed by atoms with van der Waals surface area (Å²) >= 11 is 0. The lowest BCUT2D eigenvalue weighted by atomic mass is 9.98. The Hall–Kier alpha value is -3.35. The fourth-order valence-electron chi connectivity index (χ4n) is 3.89. The summed E-state index contributed by atoms with van der Waals surface area (Å²) in [5.41, 5.74) is 2.11. The Balaban J connectivity index is 1.21. The van der Waals surface area contributed by atoms with Crippen LogP contribution in [0.3, 0.4) is 0 Å². The summed E-state index contributed by atoms with van der Waals surface area (Å²) in [5, 5.41) is 0. The molecule has 29 heavy (non-hydrogen) atoms. The number of fused-ring (bicyclic) bond motifs is 1. The van der Waals surface area contributed by atoms with Gasteiger partial charge in [-0.25, -0.2) is 4.98 Å². The molecule has 2 aliphatic heterocycles. The predicted molar refractivity (Wildman–Crippen MR) is 107 cm³/mol. The van der Waals surface area contributed by atoms with Crippen LogP contribution in [0.2, 0.25) is 0 Å². The van der Waals surface area contributed by atoms with Crippen molar-refractivity contribution in [3.05, 3.63) is 60.7 Å². The molecule has 0 spiro atoms. The van der Waals surface area contributed by atoms with Crippen molar-refractivity contribution in [2.24, 2.45) is 5.92 Å². The van der Waals surface area contributed by atoms with Gasteiger partial charge in [-0.1, -0.05) is 12.1 Å². The number of ether oxygens (including phenoxy) is 2. The quantitative estimate of drug-likeness (QED) is 0.685. The van der Waals surface area contributed by atoms with E-state index >= 15 is 0 Å². The first-order chi connectivity index (χ1) is 14.2. The van der Waals surface area contributed by atoms with Crippen molar-refractivity contribution in [1.82, 2.24) is 19.4 Å². The van der Waals surface area contributed by atoms with E-state index in [2.05, 4.69) is 21.5 Å². The predicted octanol–water partition coefficient (Wildman–Crippen LogP) is 2.55. The SMILES string of the molecule is Cc1cnc(-c2cccnc2)n1CC1CN(C(=O)C2COc3ccccc3O2)C1. The molecule has 1 atom stereocenters. The largest absolute Gasteiger partial charge is 0.485 e. The maximum absolute atomic E-state index is 12.8. The maximum Gasteiger partial charge on any atom is 0.267 e. The molecule has 0 saturated carbocycles. The molecule has 0 N–H and O–H groups in total. The van der Waals surface area contributed by atoms with Gasteiger partial charge in [0.15, 0.2) is 11.5 Å². The van der Waals surface area contributed by atoms with Crippen molar-refractivity contribution in [3.8, 4) is 22.9 Å². The molecule has 7 nitrogen and oxygen atoms in total. The summed E-state index contributed by atoms with van der Waals surface area (Å²) in [6.45, 7) is 4.56. The molecule has 1 fully saturated rings. The first-order valence-corrected chi connectivity index (χ1v) is 9.79. The zero-order chi connectivity index (χ0) is 19.8. The van der Waals surface area contributed by atoms with Crippen molar-refractivity contribution < 1.29 is 14.3 Å². The highest BCUT2D eigenvalue weighted by molar-refractivity contribution is 5.82. The van der Waals surface area contributed by atoms with Crippen LogP contribution in [-0.2, 0) is 11.3 Å². The average Bonchev–Trinajstić information content (AvgIpc) is 3.10. The van der Waals surface area contributed by atoms with E-state index in [-0.39, 0.29) is 12.5 Å². The highest BCUT2D eigenvalue weighted by atomic mass is 16.6. The van der Waals surface area contributed by atoms with Gasteiger partial charge < -0.3 is 18.9 Å². The van der Waals surface area contributed by atoms with Crippen LogP contribution >= 0.6 is 0 Å². The van der Waals surface area contributed by atoms with Gasteiger partial charge in [0.25, 0.3) is 5.91 Å². The summed E-state index contributed by atoms with van der Waals surface area (Å²) < 4.78 is 13.7. The van der Waals surface area contributed by atoms with Crippen molar-refractivity contribution in [3.63, 3.8) is 0 Å². The second-order valence-electron chi connectivity index (χ2n) is 7.55. The number of benzene rings is 1. The van der Waals surface area contributed by atoms with Crippen LogP contribution in [0.15, 0.2) is 55.0 Å². The zero-order valence-electron chi connectivity index (χ0n) is 16.2. The molecule has 1 saturated heterocycles. The Morgan fingerprint density at radius 3 is 2.76 bits per heavy atom. The summed E-state index contributed by atoms with van der Waals surface area (Å²) in [5.74, 6) is 2.62. The van der Waals surface area contributed by atoms with Crippen LogP contribution < -0.4 is 9.47 Å². The molecule has 0 aliphatic carbocycles. The molecule has 2 aromatic heterocycles. The molecule has 0 radical (unpaired) electrons. The van der Waals surface area contributed by atoms with Crippen LogP contribution in [0.25, 0.3) is 11.4 Å². The molecule has 2 aliphatic rings. The number of imidazole rings is 1. The molecule has 0 bridgehead atoms. The lowest BCUT2D eigenvalue weighted by molar-refractivity contribution is -0.148. The van der Waals surface area contributed by atoms with E-state index in [1.165, 1.54) is 0 Å². The van der Waals surface area contributed by atoms with Crippen molar-refractivity contribution >= 4 is 5.91 Å². The molecule has 4 heterocycles. The Bertz CT molecular complexity index is 1030. The van der Waals surface area contributed by atoms with Gasteiger partial charge in [-0.2, -0.15) is 0 Å².